The fourth-order valence-electron chi connectivity index (χ4n) is 2.77. The molecule has 0 aliphatic carbocycles. The molecule has 1 aromatic carbocycles. The van der Waals surface area contributed by atoms with E-state index >= 15 is 0 Å². The van der Waals surface area contributed by atoms with E-state index in [2.05, 4.69) is 5.10 Å². The van der Waals surface area contributed by atoms with Gasteiger partial charge in [0, 0.05) is 12.7 Å². The van der Waals surface area contributed by atoms with Crippen LogP contribution in [0.4, 0.5) is 5.69 Å². The topological polar surface area (TPSA) is 73.4 Å². The molecule has 2 heterocycles. The molecule has 3 rings (SSSR count). The normalized spacial score (nSPS) is 18.0. The first-order valence-corrected chi connectivity index (χ1v) is 7.89. The highest BCUT2D eigenvalue weighted by Gasteiger charge is 2.25. The Morgan fingerprint density at radius 1 is 1.39 bits per heavy atom. The first kappa shape index (κ1) is 15.4. The van der Waals surface area contributed by atoms with E-state index in [1.165, 1.54) is 5.56 Å². The van der Waals surface area contributed by atoms with Gasteiger partial charge in [0.05, 0.1) is 18.4 Å². The average Bonchev–Trinajstić information content (AvgIpc) is 2.95. The summed E-state index contributed by atoms with van der Waals surface area (Å²) in [5, 5.41) is 4.06. The zero-order chi connectivity index (χ0) is 16.2. The summed E-state index contributed by atoms with van der Waals surface area (Å²) in [6.45, 7) is 3.65. The van der Waals surface area contributed by atoms with Gasteiger partial charge in [0.25, 0.3) is 0 Å². The van der Waals surface area contributed by atoms with Crippen LogP contribution in [0, 0.1) is 6.92 Å². The number of benzene rings is 1. The first-order chi connectivity index (χ1) is 11.1. The van der Waals surface area contributed by atoms with E-state index < -0.39 is 0 Å². The zero-order valence-electron chi connectivity index (χ0n) is 13.3. The molecule has 0 spiro atoms. The highest BCUT2D eigenvalue weighted by Crippen LogP contribution is 2.19. The van der Waals surface area contributed by atoms with E-state index in [4.69, 9.17) is 10.5 Å². The van der Waals surface area contributed by atoms with Crippen molar-refractivity contribution in [3.63, 3.8) is 0 Å². The lowest BCUT2D eigenvalue weighted by Gasteiger charge is -2.33. The number of nitrogen functional groups attached to an aromatic ring is 1. The van der Waals surface area contributed by atoms with E-state index in [0.29, 0.717) is 12.2 Å². The number of rotatable bonds is 4. The largest absolute Gasteiger partial charge is 0.489 e. The van der Waals surface area contributed by atoms with E-state index in [0.717, 1.165) is 25.1 Å². The fourth-order valence-corrected chi connectivity index (χ4v) is 2.77. The molecule has 1 amide bonds. The van der Waals surface area contributed by atoms with Crippen molar-refractivity contribution in [1.82, 2.24) is 14.7 Å². The summed E-state index contributed by atoms with van der Waals surface area (Å²) in [6, 6.07) is 8.01. The van der Waals surface area contributed by atoms with Gasteiger partial charge in [0.2, 0.25) is 5.91 Å². The average molecular weight is 314 g/mol. The molecule has 0 saturated carbocycles. The Morgan fingerprint density at radius 3 is 2.87 bits per heavy atom. The molecule has 2 N–H and O–H groups in total. The number of carbonyl (C=O) groups excluding carboxylic acids is 1. The van der Waals surface area contributed by atoms with E-state index in [1.54, 1.807) is 17.1 Å². The van der Waals surface area contributed by atoms with Gasteiger partial charge in [-0.25, -0.2) is 0 Å². The van der Waals surface area contributed by atoms with Crippen LogP contribution >= 0.6 is 0 Å². The second kappa shape index (κ2) is 6.73. The summed E-state index contributed by atoms with van der Waals surface area (Å²) in [5.41, 5.74) is 7.39. The molecular formula is C17H22N4O2. The standard InChI is InChI=1S/C17H22N4O2/c1-13-4-6-15(7-5-13)23-16-3-2-8-20(11-16)17(22)12-21-10-14(18)9-19-21/h4-7,9-10,16H,2-3,8,11-12,18H2,1H3/t16-/m0/s1. The molecule has 1 atom stereocenters. The number of hydrogen-bond donors (Lipinski definition) is 1. The molecule has 1 aliphatic rings. The zero-order valence-corrected chi connectivity index (χ0v) is 13.3. The second-order valence-electron chi connectivity index (χ2n) is 6.01. The minimum Gasteiger partial charge on any atom is -0.489 e. The van der Waals surface area contributed by atoms with Crippen LogP contribution in [0.15, 0.2) is 36.7 Å². The summed E-state index contributed by atoms with van der Waals surface area (Å²) in [5.74, 6) is 0.903. The Hall–Kier alpha value is -2.50. The van der Waals surface area contributed by atoms with Crippen molar-refractivity contribution in [2.24, 2.45) is 0 Å². The van der Waals surface area contributed by atoms with Gasteiger partial charge in [-0.15, -0.1) is 0 Å². The number of nitrogens with zero attached hydrogens (tertiary/aromatic N) is 3. The third kappa shape index (κ3) is 4.03. The van der Waals surface area contributed by atoms with Crippen LogP contribution in [0.5, 0.6) is 5.75 Å². The molecule has 2 aromatic rings. The molecule has 6 heteroatoms. The van der Waals surface area contributed by atoms with Crippen molar-refractivity contribution in [1.29, 1.82) is 0 Å². The minimum atomic E-state index is 0.0399. The number of nitrogens with two attached hydrogens (primary N) is 1. The van der Waals surface area contributed by atoms with E-state index in [-0.39, 0.29) is 18.6 Å². The number of piperidine rings is 1. The van der Waals surface area contributed by atoms with Crippen molar-refractivity contribution in [3.8, 4) is 5.75 Å². The van der Waals surface area contributed by atoms with Gasteiger partial charge < -0.3 is 15.4 Å². The third-order valence-corrected chi connectivity index (χ3v) is 4.01. The molecule has 0 radical (unpaired) electrons. The number of aryl methyl sites for hydroxylation is 1. The summed E-state index contributed by atoms with van der Waals surface area (Å²) >= 11 is 0. The van der Waals surface area contributed by atoms with Gasteiger partial charge in [0.1, 0.15) is 18.4 Å². The van der Waals surface area contributed by atoms with Gasteiger partial charge in [-0.3, -0.25) is 9.48 Å². The van der Waals surface area contributed by atoms with Crippen LogP contribution in [0.3, 0.4) is 0 Å². The highest BCUT2D eigenvalue weighted by molar-refractivity contribution is 5.76. The van der Waals surface area contributed by atoms with E-state index in [9.17, 15) is 4.79 Å². The van der Waals surface area contributed by atoms with Crippen LogP contribution in [0.1, 0.15) is 18.4 Å². The van der Waals surface area contributed by atoms with Crippen molar-refractivity contribution in [2.45, 2.75) is 32.4 Å². The van der Waals surface area contributed by atoms with E-state index in [1.807, 2.05) is 36.1 Å². The molecular weight excluding hydrogens is 292 g/mol. The Labute approximate surface area is 135 Å². The lowest BCUT2D eigenvalue weighted by Crippen LogP contribution is -2.45. The number of ether oxygens (including phenoxy) is 1. The first-order valence-electron chi connectivity index (χ1n) is 7.89. The maximum Gasteiger partial charge on any atom is 0.244 e. The van der Waals surface area contributed by atoms with Crippen LogP contribution < -0.4 is 10.5 Å². The smallest absolute Gasteiger partial charge is 0.244 e. The predicted molar refractivity (Wildman–Crippen MR) is 88.0 cm³/mol. The molecule has 1 aliphatic heterocycles. The van der Waals surface area contributed by atoms with Crippen LogP contribution in [-0.4, -0.2) is 39.8 Å². The molecule has 1 fully saturated rings. The molecule has 6 nitrogen and oxygen atoms in total. The molecule has 1 saturated heterocycles. The van der Waals surface area contributed by atoms with Crippen molar-refractivity contribution in [3.05, 3.63) is 42.2 Å². The van der Waals surface area contributed by atoms with Crippen LogP contribution in [-0.2, 0) is 11.3 Å². The maximum absolute atomic E-state index is 12.4. The van der Waals surface area contributed by atoms with Gasteiger partial charge >= 0.3 is 0 Å². The molecule has 0 unspecified atom stereocenters. The molecule has 23 heavy (non-hydrogen) atoms. The summed E-state index contributed by atoms with van der Waals surface area (Å²) < 4.78 is 7.58. The molecule has 0 bridgehead atoms. The van der Waals surface area contributed by atoms with Crippen LogP contribution in [0.2, 0.25) is 0 Å². The van der Waals surface area contributed by atoms with Crippen molar-refractivity contribution >= 4 is 11.6 Å². The quantitative estimate of drug-likeness (QED) is 0.934. The number of anilines is 1. The Kier molecular flexibility index (Phi) is 4.50. The molecule has 1 aromatic heterocycles. The predicted octanol–water partition coefficient (Wildman–Crippen LogP) is 1.84. The third-order valence-electron chi connectivity index (χ3n) is 4.01. The van der Waals surface area contributed by atoms with Crippen molar-refractivity contribution in [2.75, 3.05) is 18.8 Å². The SMILES string of the molecule is Cc1ccc(O[C@H]2CCCN(C(=O)Cn3cc(N)cn3)C2)cc1. The second-order valence-corrected chi connectivity index (χ2v) is 6.01. The lowest BCUT2D eigenvalue weighted by molar-refractivity contribution is -0.134. The summed E-state index contributed by atoms with van der Waals surface area (Å²) in [7, 11) is 0. The Morgan fingerprint density at radius 2 is 2.17 bits per heavy atom. The minimum absolute atomic E-state index is 0.0399. The number of carbonyl (C=O) groups is 1. The van der Waals surface area contributed by atoms with Gasteiger partial charge in [-0.1, -0.05) is 17.7 Å². The lowest BCUT2D eigenvalue weighted by atomic mass is 10.1. The number of likely N-dealkylation sites (tertiary alicyclic amines) is 1. The fraction of sp³-hybridized carbons (Fsp3) is 0.412. The number of amides is 1. The summed E-state index contributed by atoms with van der Waals surface area (Å²) in [4.78, 5) is 14.2. The Balaban J connectivity index is 1.57. The number of aromatic nitrogens is 2. The van der Waals surface area contributed by atoms with Crippen molar-refractivity contribution < 1.29 is 9.53 Å². The highest BCUT2D eigenvalue weighted by atomic mass is 16.5. The van der Waals surface area contributed by atoms with Gasteiger partial charge in [-0.05, 0) is 31.9 Å². The van der Waals surface area contributed by atoms with Gasteiger partial charge in [0.15, 0.2) is 0 Å². The van der Waals surface area contributed by atoms with Crippen LogP contribution in [0.25, 0.3) is 0 Å². The Bertz CT molecular complexity index is 665. The van der Waals surface area contributed by atoms with Gasteiger partial charge in [-0.2, -0.15) is 5.10 Å². The molecule has 122 valence electrons. The number of hydrogen-bond acceptors (Lipinski definition) is 4. The summed E-state index contributed by atoms with van der Waals surface area (Å²) in [6.07, 6.45) is 5.17. The maximum atomic E-state index is 12.4. The monoisotopic (exact) mass is 314 g/mol.